The molecule has 1 atom stereocenters. The van der Waals surface area contributed by atoms with Crippen molar-refractivity contribution in [3.63, 3.8) is 0 Å². The standard InChI is InChI=1S/C16H14N2O/c1-11-6-5-9-14-15(11)13(16(19)18-14)10-17-12-7-3-2-4-8-12/h2-10,13H,1H3,(H,18,19). The summed E-state index contributed by atoms with van der Waals surface area (Å²) in [6.45, 7) is 2.02. The number of nitrogens with zero attached hydrogens (tertiary/aromatic N) is 1. The second-order valence-electron chi connectivity index (χ2n) is 4.62. The van der Waals surface area contributed by atoms with Crippen LogP contribution in [-0.2, 0) is 4.79 Å². The van der Waals surface area contributed by atoms with Gasteiger partial charge in [0, 0.05) is 11.9 Å². The maximum Gasteiger partial charge on any atom is 0.237 e. The number of rotatable bonds is 2. The van der Waals surface area contributed by atoms with E-state index in [4.69, 9.17) is 0 Å². The Labute approximate surface area is 112 Å². The molecule has 0 aromatic heterocycles. The van der Waals surface area contributed by atoms with E-state index in [0.717, 1.165) is 22.5 Å². The van der Waals surface area contributed by atoms with Gasteiger partial charge in [0.2, 0.25) is 5.91 Å². The summed E-state index contributed by atoms with van der Waals surface area (Å²) in [5, 5.41) is 2.89. The highest BCUT2D eigenvalue weighted by Gasteiger charge is 2.30. The number of hydrogen-bond acceptors (Lipinski definition) is 2. The first-order chi connectivity index (χ1) is 9.25. The Morgan fingerprint density at radius 3 is 2.68 bits per heavy atom. The number of carbonyl (C=O) groups excluding carboxylic acids is 1. The first kappa shape index (κ1) is 11.7. The van der Waals surface area contributed by atoms with Gasteiger partial charge in [-0.15, -0.1) is 0 Å². The summed E-state index contributed by atoms with van der Waals surface area (Å²) in [4.78, 5) is 16.4. The summed E-state index contributed by atoms with van der Waals surface area (Å²) in [6.07, 6.45) is 1.73. The van der Waals surface area contributed by atoms with Gasteiger partial charge in [-0.05, 0) is 36.2 Å². The molecule has 2 aromatic carbocycles. The third-order valence-corrected chi connectivity index (χ3v) is 3.30. The van der Waals surface area contributed by atoms with Crippen molar-refractivity contribution in [1.82, 2.24) is 0 Å². The van der Waals surface area contributed by atoms with Crippen molar-refractivity contribution in [3.8, 4) is 0 Å². The molecule has 0 aliphatic carbocycles. The smallest absolute Gasteiger partial charge is 0.237 e. The lowest BCUT2D eigenvalue weighted by molar-refractivity contribution is -0.115. The van der Waals surface area contributed by atoms with Crippen molar-refractivity contribution < 1.29 is 4.79 Å². The van der Waals surface area contributed by atoms with Crippen molar-refractivity contribution in [3.05, 3.63) is 59.7 Å². The van der Waals surface area contributed by atoms with Gasteiger partial charge in [-0.2, -0.15) is 0 Å². The van der Waals surface area contributed by atoms with Crippen molar-refractivity contribution in [1.29, 1.82) is 0 Å². The zero-order chi connectivity index (χ0) is 13.2. The number of anilines is 1. The van der Waals surface area contributed by atoms with Crippen molar-refractivity contribution in [2.24, 2.45) is 4.99 Å². The molecule has 0 fully saturated rings. The van der Waals surface area contributed by atoms with E-state index in [-0.39, 0.29) is 11.8 Å². The number of nitrogens with one attached hydrogen (secondary N) is 1. The predicted molar refractivity (Wildman–Crippen MR) is 77.1 cm³/mol. The van der Waals surface area contributed by atoms with Gasteiger partial charge in [-0.1, -0.05) is 30.3 Å². The summed E-state index contributed by atoms with van der Waals surface area (Å²) in [5.41, 5.74) is 3.90. The van der Waals surface area contributed by atoms with Gasteiger partial charge >= 0.3 is 0 Å². The number of para-hydroxylation sites is 1. The second-order valence-corrected chi connectivity index (χ2v) is 4.62. The van der Waals surface area contributed by atoms with Crippen LogP contribution in [-0.4, -0.2) is 12.1 Å². The van der Waals surface area contributed by atoms with Crippen LogP contribution in [0, 0.1) is 6.92 Å². The van der Waals surface area contributed by atoms with Crippen LogP contribution in [0.1, 0.15) is 17.0 Å². The molecule has 3 rings (SSSR count). The van der Waals surface area contributed by atoms with Crippen LogP contribution in [0.15, 0.2) is 53.5 Å². The lowest BCUT2D eigenvalue weighted by Gasteiger charge is -2.05. The molecule has 1 aliphatic rings. The largest absolute Gasteiger partial charge is 0.325 e. The third kappa shape index (κ3) is 2.15. The molecular weight excluding hydrogens is 236 g/mol. The lowest BCUT2D eigenvalue weighted by Crippen LogP contribution is -2.13. The highest BCUT2D eigenvalue weighted by Crippen LogP contribution is 2.34. The third-order valence-electron chi connectivity index (χ3n) is 3.30. The first-order valence-electron chi connectivity index (χ1n) is 6.25. The van der Waals surface area contributed by atoms with Crippen LogP contribution < -0.4 is 5.32 Å². The second kappa shape index (κ2) is 4.69. The molecule has 1 heterocycles. The summed E-state index contributed by atoms with van der Waals surface area (Å²) in [7, 11) is 0. The van der Waals surface area contributed by atoms with Crippen LogP contribution in [0.2, 0.25) is 0 Å². The molecule has 0 saturated carbocycles. The fourth-order valence-electron chi connectivity index (χ4n) is 2.36. The number of aryl methyl sites for hydroxylation is 1. The molecule has 3 heteroatoms. The van der Waals surface area contributed by atoms with Gasteiger partial charge in [-0.3, -0.25) is 9.79 Å². The molecule has 1 amide bonds. The van der Waals surface area contributed by atoms with Crippen molar-refractivity contribution in [2.75, 3.05) is 5.32 Å². The number of hydrogen-bond donors (Lipinski definition) is 1. The van der Waals surface area contributed by atoms with Crippen molar-refractivity contribution >= 4 is 23.5 Å². The predicted octanol–water partition coefficient (Wildman–Crippen LogP) is 3.43. The van der Waals surface area contributed by atoms with E-state index >= 15 is 0 Å². The number of fused-ring (bicyclic) bond motifs is 1. The van der Waals surface area contributed by atoms with Crippen LogP contribution in [0.25, 0.3) is 0 Å². The van der Waals surface area contributed by atoms with E-state index in [1.54, 1.807) is 6.21 Å². The maximum atomic E-state index is 12.0. The fraction of sp³-hybridized carbons (Fsp3) is 0.125. The van der Waals surface area contributed by atoms with Gasteiger partial charge in [-0.25, -0.2) is 0 Å². The minimum absolute atomic E-state index is 0.0102. The zero-order valence-electron chi connectivity index (χ0n) is 10.6. The molecule has 1 aliphatic heterocycles. The highest BCUT2D eigenvalue weighted by atomic mass is 16.2. The van der Waals surface area contributed by atoms with Gasteiger partial charge < -0.3 is 5.32 Å². The normalized spacial score (nSPS) is 17.5. The summed E-state index contributed by atoms with van der Waals surface area (Å²) >= 11 is 0. The van der Waals surface area contributed by atoms with E-state index in [0.29, 0.717) is 0 Å². The Kier molecular flexibility index (Phi) is 2.88. The van der Waals surface area contributed by atoms with E-state index in [2.05, 4.69) is 10.3 Å². The quantitative estimate of drug-likeness (QED) is 0.815. The molecule has 0 radical (unpaired) electrons. The molecule has 2 aromatic rings. The number of amides is 1. The maximum absolute atomic E-state index is 12.0. The van der Waals surface area contributed by atoms with Gasteiger partial charge in [0.05, 0.1) is 5.69 Å². The Hall–Kier alpha value is -2.42. The Balaban J connectivity index is 1.95. The molecular formula is C16H14N2O. The van der Waals surface area contributed by atoms with Crippen LogP contribution in [0.4, 0.5) is 11.4 Å². The molecule has 19 heavy (non-hydrogen) atoms. The van der Waals surface area contributed by atoms with Crippen LogP contribution in [0.5, 0.6) is 0 Å². The van der Waals surface area contributed by atoms with Gasteiger partial charge in [0.25, 0.3) is 0 Å². The zero-order valence-corrected chi connectivity index (χ0v) is 10.6. The van der Waals surface area contributed by atoms with Crippen LogP contribution >= 0.6 is 0 Å². The molecule has 3 nitrogen and oxygen atoms in total. The van der Waals surface area contributed by atoms with Gasteiger partial charge in [0.1, 0.15) is 5.92 Å². The Bertz CT molecular complexity index is 647. The van der Waals surface area contributed by atoms with E-state index < -0.39 is 0 Å². The molecule has 0 bridgehead atoms. The molecule has 1 unspecified atom stereocenters. The molecule has 0 spiro atoms. The Morgan fingerprint density at radius 2 is 1.89 bits per heavy atom. The average Bonchev–Trinajstić information content (AvgIpc) is 2.75. The van der Waals surface area contributed by atoms with E-state index in [1.807, 2.05) is 55.5 Å². The lowest BCUT2D eigenvalue weighted by atomic mass is 9.97. The Morgan fingerprint density at radius 1 is 1.11 bits per heavy atom. The summed E-state index contributed by atoms with van der Waals surface area (Å²) in [5.74, 6) is -0.305. The highest BCUT2D eigenvalue weighted by molar-refractivity contribution is 6.13. The van der Waals surface area contributed by atoms with Crippen LogP contribution in [0.3, 0.4) is 0 Å². The fourth-order valence-corrected chi connectivity index (χ4v) is 2.36. The summed E-state index contributed by atoms with van der Waals surface area (Å²) in [6, 6.07) is 15.5. The number of aliphatic imine (C=N–C) groups is 1. The minimum atomic E-state index is -0.295. The average molecular weight is 250 g/mol. The van der Waals surface area contributed by atoms with Gasteiger partial charge in [0.15, 0.2) is 0 Å². The van der Waals surface area contributed by atoms with Crippen molar-refractivity contribution in [2.45, 2.75) is 12.8 Å². The number of carbonyl (C=O) groups is 1. The minimum Gasteiger partial charge on any atom is -0.325 e. The summed E-state index contributed by atoms with van der Waals surface area (Å²) < 4.78 is 0. The van der Waals surface area contributed by atoms with E-state index in [9.17, 15) is 4.79 Å². The number of benzene rings is 2. The monoisotopic (exact) mass is 250 g/mol. The first-order valence-corrected chi connectivity index (χ1v) is 6.25. The van der Waals surface area contributed by atoms with E-state index in [1.165, 1.54) is 0 Å². The molecule has 0 saturated heterocycles. The molecule has 94 valence electrons. The SMILES string of the molecule is Cc1cccc2c1C(C=Nc1ccccc1)C(=O)N2. The topological polar surface area (TPSA) is 41.5 Å². The molecule has 1 N–H and O–H groups in total.